The van der Waals surface area contributed by atoms with Crippen molar-refractivity contribution in [3.05, 3.63) is 55.0 Å². The van der Waals surface area contributed by atoms with E-state index < -0.39 is 23.8 Å². The molecule has 0 atom stereocenters. The fourth-order valence-electron chi connectivity index (χ4n) is 3.92. The molecule has 2 aromatic heterocycles. The van der Waals surface area contributed by atoms with Gasteiger partial charge in [0.15, 0.2) is 6.61 Å². The molecular weight excluding hydrogens is 555 g/mol. The Bertz CT molecular complexity index is 1330. The fourth-order valence-corrected chi connectivity index (χ4v) is 5.78. The van der Waals surface area contributed by atoms with Gasteiger partial charge in [-0.25, -0.2) is 9.59 Å². The summed E-state index contributed by atoms with van der Waals surface area (Å²) in [6.45, 7) is -0.320. The second kappa shape index (κ2) is 13.4. The molecule has 0 saturated heterocycles. The lowest BCUT2D eigenvalue weighted by Crippen LogP contribution is -2.34. The monoisotopic (exact) mass is 578 g/mol. The molecule has 2 heterocycles. The quantitative estimate of drug-likeness (QED) is 0.242. The smallest absolute Gasteiger partial charge is 0.339 e. The van der Waals surface area contributed by atoms with Gasteiger partial charge in [-0.05, 0) is 37.3 Å². The van der Waals surface area contributed by atoms with Crippen molar-refractivity contribution in [1.82, 2.24) is 4.98 Å². The summed E-state index contributed by atoms with van der Waals surface area (Å²) in [5.74, 6) is -0.0653. The third-order valence-electron chi connectivity index (χ3n) is 5.71. The van der Waals surface area contributed by atoms with Gasteiger partial charge >= 0.3 is 17.9 Å². The average Bonchev–Trinajstić information content (AvgIpc) is 3.21. The van der Waals surface area contributed by atoms with Crippen molar-refractivity contribution < 1.29 is 33.4 Å². The first kappa shape index (κ1) is 29.2. The number of anilines is 1. The summed E-state index contributed by atoms with van der Waals surface area (Å²) in [7, 11) is 2.49. The molecular formula is C26H24Cl2N2O7S. The molecule has 0 unspecified atom stereocenters. The highest BCUT2D eigenvalue weighted by atomic mass is 35.5. The zero-order valence-electron chi connectivity index (χ0n) is 20.7. The number of carbonyl (C=O) groups is 4. The third-order valence-corrected chi connectivity index (χ3v) is 7.61. The van der Waals surface area contributed by atoms with Gasteiger partial charge < -0.3 is 19.1 Å². The topological polar surface area (TPSA) is 112 Å². The van der Waals surface area contributed by atoms with Crippen molar-refractivity contribution in [2.45, 2.75) is 38.6 Å². The molecule has 0 radical (unpaired) electrons. The number of methoxy groups -OCH3 is 2. The van der Waals surface area contributed by atoms with Crippen LogP contribution in [0.2, 0.25) is 9.36 Å². The van der Waals surface area contributed by atoms with Gasteiger partial charge in [0.05, 0.1) is 43.5 Å². The number of ether oxygens (including phenoxy) is 3. The van der Waals surface area contributed by atoms with Crippen molar-refractivity contribution in [1.29, 1.82) is 0 Å². The summed E-state index contributed by atoms with van der Waals surface area (Å²) < 4.78 is 14.8. The van der Waals surface area contributed by atoms with Gasteiger partial charge in [-0.15, -0.1) is 17.8 Å². The minimum Gasteiger partial charge on any atom is -0.469 e. The van der Waals surface area contributed by atoms with Crippen LogP contribution in [0.15, 0.2) is 29.6 Å². The van der Waals surface area contributed by atoms with Gasteiger partial charge in [0.2, 0.25) is 0 Å². The normalized spacial score (nSPS) is 12.9. The number of pyridine rings is 1. The molecule has 1 aliphatic carbocycles. The summed E-state index contributed by atoms with van der Waals surface area (Å²) in [5, 5.41) is 0.101. The largest absolute Gasteiger partial charge is 0.469 e. The van der Waals surface area contributed by atoms with E-state index in [2.05, 4.69) is 10.9 Å². The Hall–Kier alpha value is -3.39. The Morgan fingerprint density at radius 3 is 2.45 bits per heavy atom. The van der Waals surface area contributed by atoms with Crippen LogP contribution < -0.4 is 4.90 Å². The maximum absolute atomic E-state index is 14.1. The van der Waals surface area contributed by atoms with E-state index in [0.717, 1.165) is 11.3 Å². The number of rotatable bonds is 9. The Morgan fingerprint density at radius 1 is 1.08 bits per heavy atom. The lowest BCUT2D eigenvalue weighted by molar-refractivity contribution is -0.140. The SMILES string of the molecule is C#CCOC(=O)C1=C(C(=O)N(Cc2cncc(C(=O)OC)c2)c2c(Cl)sc(CC(=O)OC)c2Cl)CCCC1. The standard InChI is InChI=1S/C26H24Cl2N2O7S/c1-4-9-37-26(34)18-8-6-5-7-17(18)24(32)30(14-15-10-16(13-29-12-15)25(33)36-3)22-21(27)19(38-23(22)28)11-20(31)35-2/h1,10,12-13H,5-9,11,14H2,2-3H3. The number of amides is 1. The predicted octanol–water partition coefficient (Wildman–Crippen LogP) is 4.53. The summed E-state index contributed by atoms with van der Waals surface area (Å²) in [5.41, 5.74) is 1.31. The second-order valence-corrected chi connectivity index (χ2v) is 10.2. The number of esters is 3. The van der Waals surface area contributed by atoms with Crippen molar-refractivity contribution in [3.63, 3.8) is 0 Å². The molecule has 0 aromatic carbocycles. The molecule has 200 valence electrons. The van der Waals surface area contributed by atoms with E-state index in [4.69, 9.17) is 43.8 Å². The van der Waals surface area contributed by atoms with Crippen LogP contribution in [-0.2, 0) is 41.6 Å². The van der Waals surface area contributed by atoms with Crippen molar-refractivity contribution in [2.24, 2.45) is 0 Å². The molecule has 3 rings (SSSR count). The highest BCUT2D eigenvalue weighted by molar-refractivity contribution is 7.17. The lowest BCUT2D eigenvalue weighted by Gasteiger charge is -2.27. The predicted molar refractivity (Wildman–Crippen MR) is 142 cm³/mol. The summed E-state index contributed by atoms with van der Waals surface area (Å²) in [4.78, 5) is 56.5. The highest BCUT2D eigenvalue weighted by Gasteiger charge is 2.33. The maximum Gasteiger partial charge on any atom is 0.339 e. The number of halogens is 2. The van der Waals surface area contributed by atoms with E-state index in [1.165, 1.54) is 37.6 Å². The first-order valence-corrected chi connectivity index (χ1v) is 13.0. The molecule has 0 aliphatic heterocycles. The van der Waals surface area contributed by atoms with Crippen molar-refractivity contribution in [3.8, 4) is 12.3 Å². The second-order valence-electron chi connectivity index (χ2n) is 8.12. The molecule has 12 heteroatoms. The maximum atomic E-state index is 14.1. The van der Waals surface area contributed by atoms with Crippen LogP contribution >= 0.6 is 34.5 Å². The van der Waals surface area contributed by atoms with Crippen LogP contribution in [0.4, 0.5) is 5.69 Å². The van der Waals surface area contributed by atoms with Crippen LogP contribution in [0, 0.1) is 12.3 Å². The number of nitrogens with zero attached hydrogens (tertiary/aromatic N) is 2. The minimum atomic E-state index is -0.658. The highest BCUT2D eigenvalue weighted by Crippen LogP contribution is 2.45. The van der Waals surface area contributed by atoms with E-state index in [9.17, 15) is 19.2 Å². The van der Waals surface area contributed by atoms with Gasteiger partial charge in [0.25, 0.3) is 5.91 Å². The molecule has 0 spiro atoms. The molecule has 0 fully saturated rings. The molecule has 1 aliphatic rings. The zero-order valence-corrected chi connectivity index (χ0v) is 23.0. The third kappa shape index (κ3) is 6.72. The Morgan fingerprint density at radius 2 is 1.79 bits per heavy atom. The van der Waals surface area contributed by atoms with Crippen LogP contribution in [0.5, 0.6) is 0 Å². The van der Waals surface area contributed by atoms with E-state index in [0.29, 0.717) is 36.1 Å². The van der Waals surface area contributed by atoms with Crippen molar-refractivity contribution in [2.75, 3.05) is 25.7 Å². The van der Waals surface area contributed by atoms with Gasteiger partial charge in [-0.1, -0.05) is 29.1 Å². The summed E-state index contributed by atoms with van der Waals surface area (Å²) in [6.07, 6.45) is 9.93. The molecule has 38 heavy (non-hydrogen) atoms. The van der Waals surface area contributed by atoms with Gasteiger partial charge in [0.1, 0.15) is 4.34 Å². The Balaban J connectivity index is 2.12. The number of hydrogen-bond donors (Lipinski definition) is 0. The van der Waals surface area contributed by atoms with E-state index in [1.54, 1.807) is 0 Å². The number of hydrogen-bond acceptors (Lipinski definition) is 9. The van der Waals surface area contributed by atoms with E-state index >= 15 is 0 Å². The average molecular weight is 579 g/mol. The van der Waals surface area contributed by atoms with Crippen molar-refractivity contribution >= 4 is 64.0 Å². The van der Waals surface area contributed by atoms with E-state index in [1.807, 2.05) is 0 Å². The molecule has 0 N–H and O–H groups in total. The molecule has 2 aromatic rings. The minimum absolute atomic E-state index is 0.0965. The van der Waals surface area contributed by atoms with Crippen LogP contribution in [0.3, 0.4) is 0 Å². The van der Waals surface area contributed by atoms with Crippen LogP contribution in [-0.4, -0.2) is 49.6 Å². The molecule has 0 saturated carbocycles. The van der Waals surface area contributed by atoms with Gasteiger partial charge in [-0.3, -0.25) is 14.6 Å². The lowest BCUT2D eigenvalue weighted by atomic mass is 9.90. The Labute approximate surface area is 233 Å². The van der Waals surface area contributed by atoms with Gasteiger partial charge in [-0.2, -0.15) is 0 Å². The zero-order chi connectivity index (χ0) is 27.8. The van der Waals surface area contributed by atoms with Crippen LogP contribution in [0.1, 0.15) is 46.5 Å². The number of thiophene rings is 1. The number of carbonyl (C=O) groups excluding carboxylic acids is 4. The van der Waals surface area contributed by atoms with Gasteiger partial charge in [0, 0.05) is 28.4 Å². The summed E-state index contributed by atoms with van der Waals surface area (Å²) in [6, 6.07) is 1.53. The fraction of sp³-hybridized carbons (Fsp3) is 0.346. The molecule has 1 amide bonds. The van der Waals surface area contributed by atoms with Crippen LogP contribution in [0.25, 0.3) is 0 Å². The summed E-state index contributed by atoms with van der Waals surface area (Å²) >= 11 is 14.2. The molecule has 0 bridgehead atoms. The first-order valence-electron chi connectivity index (χ1n) is 11.4. The number of terminal acetylenes is 1. The molecule has 9 nitrogen and oxygen atoms in total. The Kier molecular flexibility index (Phi) is 10.3. The number of aromatic nitrogens is 1. The first-order chi connectivity index (χ1) is 18.2. The van der Waals surface area contributed by atoms with E-state index in [-0.39, 0.29) is 51.3 Å².